The lowest BCUT2D eigenvalue weighted by molar-refractivity contribution is -0.134. The molecule has 0 radical (unpaired) electrons. The van der Waals surface area contributed by atoms with Crippen molar-refractivity contribution in [1.82, 2.24) is 9.80 Å². The van der Waals surface area contributed by atoms with Crippen LogP contribution in [0, 0.1) is 12.3 Å². The Labute approximate surface area is 114 Å². The number of urea groups is 1. The van der Waals surface area contributed by atoms with E-state index in [1.807, 2.05) is 0 Å². The van der Waals surface area contributed by atoms with Crippen molar-refractivity contribution in [3.05, 3.63) is 27.5 Å². The number of amides is 4. The van der Waals surface area contributed by atoms with E-state index in [0.717, 1.165) is 9.80 Å². The zero-order valence-electron chi connectivity index (χ0n) is 10.3. The summed E-state index contributed by atoms with van der Waals surface area (Å²) in [6.45, 7) is 0. The predicted molar refractivity (Wildman–Crippen MR) is 71.2 cm³/mol. The van der Waals surface area contributed by atoms with Gasteiger partial charge in [0.05, 0.1) is 4.88 Å². The third kappa shape index (κ3) is 2.16. The summed E-state index contributed by atoms with van der Waals surface area (Å²) in [6, 6.07) is 2.82. The summed E-state index contributed by atoms with van der Waals surface area (Å²) >= 11 is 1.29. The Kier molecular flexibility index (Phi) is 3.23. The maximum Gasteiger partial charge on any atom is 0.333 e. The minimum Gasteiger partial charge on any atom is -0.268 e. The second-order valence-corrected chi connectivity index (χ2v) is 5.03. The molecule has 1 aromatic heterocycles. The van der Waals surface area contributed by atoms with Crippen molar-refractivity contribution in [2.45, 2.75) is 0 Å². The number of likely N-dealkylation sites (N-methyl/N-ethyl adjacent to an activating group) is 2. The van der Waals surface area contributed by atoms with Gasteiger partial charge in [-0.15, -0.1) is 17.8 Å². The Morgan fingerprint density at radius 2 is 1.74 bits per heavy atom. The van der Waals surface area contributed by atoms with Gasteiger partial charge in [-0.3, -0.25) is 19.4 Å². The Morgan fingerprint density at radius 3 is 2.21 bits per heavy atom. The lowest BCUT2D eigenvalue weighted by atomic mass is 10.1. The highest BCUT2D eigenvalue weighted by atomic mass is 32.1. The quantitative estimate of drug-likeness (QED) is 0.439. The Bertz CT molecular complexity index is 625. The number of barbiturate groups is 1. The molecule has 6 heteroatoms. The number of hydrogen-bond donors (Lipinski definition) is 0. The lowest BCUT2D eigenvalue weighted by Gasteiger charge is -2.28. The van der Waals surface area contributed by atoms with E-state index < -0.39 is 17.8 Å². The highest BCUT2D eigenvalue weighted by Crippen LogP contribution is 2.22. The fourth-order valence-electron chi connectivity index (χ4n) is 1.63. The third-order valence-electron chi connectivity index (χ3n) is 2.70. The third-order valence-corrected chi connectivity index (χ3v) is 3.66. The molecule has 0 aliphatic carbocycles. The zero-order chi connectivity index (χ0) is 14.2. The molecule has 19 heavy (non-hydrogen) atoms. The summed E-state index contributed by atoms with van der Waals surface area (Å²) in [7, 11) is 2.67. The van der Waals surface area contributed by atoms with Crippen LogP contribution in [0.1, 0.15) is 9.75 Å². The summed E-state index contributed by atoms with van der Waals surface area (Å²) < 4.78 is 0. The number of thiophene rings is 1. The van der Waals surface area contributed by atoms with Crippen LogP contribution in [-0.4, -0.2) is 41.7 Å². The predicted octanol–water partition coefficient (Wildman–Crippen LogP) is 1.16. The first-order valence-corrected chi connectivity index (χ1v) is 6.15. The molecule has 0 atom stereocenters. The maximum atomic E-state index is 11.9. The number of hydrogen-bond acceptors (Lipinski definition) is 4. The van der Waals surface area contributed by atoms with E-state index >= 15 is 0 Å². The molecule has 2 rings (SSSR count). The van der Waals surface area contributed by atoms with Crippen LogP contribution in [0.5, 0.6) is 0 Å². The first-order valence-electron chi connectivity index (χ1n) is 5.34. The fourth-order valence-corrected chi connectivity index (χ4v) is 2.39. The van der Waals surface area contributed by atoms with Crippen LogP contribution in [0.15, 0.2) is 17.7 Å². The second-order valence-electron chi connectivity index (χ2n) is 3.92. The summed E-state index contributed by atoms with van der Waals surface area (Å²) in [5, 5.41) is 0. The van der Waals surface area contributed by atoms with Crippen LogP contribution >= 0.6 is 11.3 Å². The first kappa shape index (κ1) is 13.1. The van der Waals surface area contributed by atoms with Crippen molar-refractivity contribution in [1.29, 1.82) is 0 Å². The molecule has 2 heterocycles. The molecule has 0 unspecified atom stereocenters. The van der Waals surface area contributed by atoms with Crippen molar-refractivity contribution < 1.29 is 14.4 Å². The molecule has 4 amide bonds. The second kappa shape index (κ2) is 4.71. The van der Waals surface area contributed by atoms with Crippen LogP contribution in [0.2, 0.25) is 0 Å². The van der Waals surface area contributed by atoms with Gasteiger partial charge in [-0.05, 0) is 18.2 Å². The van der Waals surface area contributed by atoms with Crippen molar-refractivity contribution in [3.8, 4) is 12.3 Å². The highest BCUT2D eigenvalue weighted by Gasteiger charge is 2.37. The molecule has 5 nitrogen and oxygen atoms in total. The monoisotopic (exact) mass is 274 g/mol. The van der Waals surface area contributed by atoms with E-state index in [-0.39, 0.29) is 5.57 Å². The molecule has 1 saturated heterocycles. The van der Waals surface area contributed by atoms with Gasteiger partial charge in [-0.2, -0.15) is 0 Å². The number of nitrogens with zero attached hydrogens (tertiary/aromatic N) is 2. The SMILES string of the molecule is C#Cc1ccc(C=C2C(=O)N(C)C(=O)N(C)C2=O)s1. The van der Waals surface area contributed by atoms with Crippen molar-refractivity contribution in [2.75, 3.05) is 14.1 Å². The lowest BCUT2D eigenvalue weighted by Crippen LogP contribution is -2.52. The van der Waals surface area contributed by atoms with E-state index in [4.69, 9.17) is 6.42 Å². The fraction of sp³-hybridized carbons (Fsp3) is 0.154. The van der Waals surface area contributed by atoms with Gasteiger partial charge in [-0.1, -0.05) is 5.92 Å². The maximum absolute atomic E-state index is 11.9. The smallest absolute Gasteiger partial charge is 0.268 e. The molecule has 1 aliphatic rings. The van der Waals surface area contributed by atoms with Gasteiger partial charge in [0.15, 0.2) is 0 Å². The minimum absolute atomic E-state index is 0.0463. The number of carbonyl (C=O) groups excluding carboxylic acids is 3. The number of rotatable bonds is 1. The summed E-state index contributed by atoms with van der Waals surface area (Å²) in [6.07, 6.45) is 6.71. The normalized spacial score (nSPS) is 15.8. The zero-order valence-corrected chi connectivity index (χ0v) is 11.2. The van der Waals surface area contributed by atoms with Crippen LogP contribution in [0.4, 0.5) is 4.79 Å². The molecule has 1 aromatic rings. The van der Waals surface area contributed by atoms with Crippen LogP contribution in [0.25, 0.3) is 6.08 Å². The first-order chi connectivity index (χ1) is 8.95. The van der Waals surface area contributed by atoms with Crippen LogP contribution < -0.4 is 0 Å². The summed E-state index contributed by atoms with van der Waals surface area (Å²) in [5.74, 6) is 1.26. The van der Waals surface area contributed by atoms with Gasteiger partial charge in [0.2, 0.25) is 0 Å². The molecule has 0 aromatic carbocycles. The number of terminal acetylenes is 1. The molecule has 1 fully saturated rings. The Hall–Kier alpha value is -2.39. The molecular formula is C13H10N2O3S. The summed E-state index contributed by atoms with van der Waals surface area (Å²) in [5.41, 5.74) is -0.0463. The van der Waals surface area contributed by atoms with E-state index in [1.165, 1.54) is 31.5 Å². The number of carbonyl (C=O) groups is 3. The van der Waals surface area contributed by atoms with E-state index in [1.54, 1.807) is 12.1 Å². The molecular weight excluding hydrogens is 264 g/mol. The van der Waals surface area contributed by atoms with E-state index in [0.29, 0.717) is 9.75 Å². The topological polar surface area (TPSA) is 57.7 Å². The van der Waals surface area contributed by atoms with Crippen LogP contribution in [0.3, 0.4) is 0 Å². The Balaban J connectivity index is 2.42. The van der Waals surface area contributed by atoms with Crippen molar-refractivity contribution in [3.63, 3.8) is 0 Å². The molecule has 0 saturated carbocycles. The van der Waals surface area contributed by atoms with E-state index in [9.17, 15) is 14.4 Å². The van der Waals surface area contributed by atoms with Crippen LogP contribution in [-0.2, 0) is 9.59 Å². The Morgan fingerprint density at radius 1 is 1.16 bits per heavy atom. The van der Waals surface area contributed by atoms with Gasteiger partial charge in [0, 0.05) is 19.0 Å². The molecule has 0 bridgehead atoms. The average molecular weight is 274 g/mol. The standard InChI is InChI=1S/C13H10N2O3S/c1-4-8-5-6-9(19-8)7-10-11(16)14(2)13(18)15(3)12(10)17/h1,5-7H,2-3H3. The number of imide groups is 2. The minimum atomic E-state index is -0.636. The molecule has 96 valence electrons. The van der Waals surface area contributed by atoms with Gasteiger partial charge in [0.1, 0.15) is 5.57 Å². The molecule has 0 N–H and O–H groups in total. The van der Waals surface area contributed by atoms with Crippen molar-refractivity contribution in [2.24, 2.45) is 0 Å². The van der Waals surface area contributed by atoms with Crippen molar-refractivity contribution >= 4 is 35.3 Å². The molecule has 0 spiro atoms. The largest absolute Gasteiger partial charge is 0.333 e. The van der Waals surface area contributed by atoms with Gasteiger partial charge in [0.25, 0.3) is 11.8 Å². The average Bonchev–Trinajstić information content (AvgIpc) is 2.87. The summed E-state index contributed by atoms with van der Waals surface area (Å²) in [4.78, 5) is 38.6. The van der Waals surface area contributed by atoms with E-state index in [2.05, 4.69) is 5.92 Å². The highest BCUT2D eigenvalue weighted by molar-refractivity contribution is 7.13. The molecule has 1 aliphatic heterocycles. The van der Waals surface area contributed by atoms with Gasteiger partial charge in [-0.25, -0.2) is 4.79 Å². The van der Waals surface area contributed by atoms with Gasteiger partial charge < -0.3 is 0 Å². The van der Waals surface area contributed by atoms with Gasteiger partial charge >= 0.3 is 6.03 Å².